The van der Waals surface area contributed by atoms with Gasteiger partial charge in [0.1, 0.15) is 11.5 Å². The van der Waals surface area contributed by atoms with Crippen LogP contribution in [0, 0.1) is 0 Å². The van der Waals surface area contributed by atoms with Gasteiger partial charge in [-0.15, -0.1) is 0 Å². The molecule has 0 aliphatic carbocycles. The summed E-state index contributed by atoms with van der Waals surface area (Å²) < 4.78 is 7.91. The van der Waals surface area contributed by atoms with Crippen LogP contribution < -0.4 is 0 Å². The molecule has 1 saturated heterocycles. The Morgan fingerprint density at radius 2 is 1.74 bits per heavy atom. The van der Waals surface area contributed by atoms with E-state index in [1.54, 1.807) is 6.20 Å². The number of imidazole rings is 1. The molecule has 0 radical (unpaired) electrons. The largest absolute Gasteiger partial charge is 0.339 e. The third-order valence-electron chi connectivity index (χ3n) is 6.61. The fourth-order valence-corrected chi connectivity index (χ4v) is 4.92. The molecule has 1 aliphatic rings. The van der Waals surface area contributed by atoms with Gasteiger partial charge in [0.05, 0.1) is 17.6 Å². The molecule has 1 fully saturated rings. The first-order valence-corrected chi connectivity index (χ1v) is 12.3. The Morgan fingerprint density at radius 1 is 0.914 bits per heavy atom. The van der Waals surface area contributed by atoms with Crippen molar-refractivity contribution >= 4 is 22.6 Å². The molecule has 2 aromatic carbocycles. The van der Waals surface area contributed by atoms with Crippen molar-refractivity contribution in [3.05, 3.63) is 95.2 Å². The highest BCUT2D eigenvalue weighted by atomic mass is 35.5. The van der Waals surface area contributed by atoms with E-state index in [1.807, 2.05) is 36.4 Å². The second-order valence-electron chi connectivity index (χ2n) is 8.95. The summed E-state index contributed by atoms with van der Waals surface area (Å²) in [5.41, 5.74) is 4.03. The minimum Gasteiger partial charge on any atom is -0.339 e. The van der Waals surface area contributed by atoms with Crippen molar-refractivity contribution in [3.8, 4) is 11.5 Å². The third-order valence-corrected chi connectivity index (χ3v) is 6.85. The van der Waals surface area contributed by atoms with Crippen molar-refractivity contribution in [2.75, 3.05) is 13.1 Å². The number of piperidine rings is 1. The van der Waals surface area contributed by atoms with Gasteiger partial charge in [0.25, 0.3) is 0 Å². The standard InChI is InChI=1S/C27H25ClN6O/c28-21-9-10-24-23(16-21)30-25(34(24)17-19-6-2-1-3-7-19)18-33-14-11-20(12-15-33)27-31-26(32-35-27)22-8-4-5-13-29-22/h1-10,13,16,20H,11-12,14-15,17-18H2. The summed E-state index contributed by atoms with van der Waals surface area (Å²) in [6, 6.07) is 22.2. The summed E-state index contributed by atoms with van der Waals surface area (Å²) in [4.78, 5) is 16.4. The van der Waals surface area contributed by atoms with Gasteiger partial charge in [-0.3, -0.25) is 9.88 Å². The Balaban J connectivity index is 1.17. The zero-order valence-electron chi connectivity index (χ0n) is 19.2. The summed E-state index contributed by atoms with van der Waals surface area (Å²) in [5, 5.41) is 4.85. The van der Waals surface area contributed by atoms with E-state index in [0.29, 0.717) is 16.7 Å². The van der Waals surface area contributed by atoms with E-state index in [2.05, 4.69) is 54.9 Å². The molecule has 5 aromatic rings. The molecular formula is C27H25ClN6O. The molecule has 0 bridgehead atoms. The maximum atomic E-state index is 6.26. The van der Waals surface area contributed by atoms with Gasteiger partial charge < -0.3 is 9.09 Å². The summed E-state index contributed by atoms with van der Waals surface area (Å²) in [7, 11) is 0. The number of hydrogen-bond acceptors (Lipinski definition) is 6. The summed E-state index contributed by atoms with van der Waals surface area (Å²) in [6.45, 7) is 3.46. The monoisotopic (exact) mass is 484 g/mol. The number of pyridine rings is 1. The van der Waals surface area contributed by atoms with Gasteiger partial charge >= 0.3 is 0 Å². The Kier molecular flexibility index (Phi) is 6.02. The van der Waals surface area contributed by atoms with Crippen molar-refractivity contribution in [3.63, 3.8) is 0 Å². The number of hydrogen-bond donors (Lipinski definition) is 0. The lowest BCUT2D eigenvalue weighted by atomic mass is 9.97. The number of benzene rings is 2. The second-order valence-corrected chi connectivity index (χ2v) is 9.39. The number of fused-ring (bicyclic) bond motifs is 1. The number of nitrogens with zero attached hydrogens (tertiary/aromatic N) is 6. The maximum Gasteiger partial charge on any atom is 0.230 e. The smallest absolute Gasteiger partial charge is 0.230 e. The summed E-state index contributed by atoms with van der Waals surface area (Å²) in [5.74, 6) is 2.57. The van der Waals surface area contributed by atoms with E-state index in [4.69, 9.17) is 21.1 Å². The molecule has 0 amide bonds. The summed E-state index contributed by atoms with van der Waals surface area (Å²) >= 11 is 6.26. The van der Waals surface area contributed by atoms with Gasteiger partial charge in [-0.1, -0.05) is 53.2 Å². The van der Waals surface area contributed by atoms with Gasteiger partial charge in [-0.25, -0.2) is 4.98 Å². The van der Waals surface area contributed by atoms with Gasteiger partial charge in [-0.05, 0) is 61.8 Å². The van der Waals surface area contributed by atoms with Crippen LogP contribution in [0.1, 0.15) is 36.0 Å². The molecule has 0 unspecified atom stereocenters. The van der Waals surface area contributed by atoms with E-state index in [0.717, 1.165) is 61.6 Å². The SMILES string of the molecule is Clc1ccc2c(c1)nc(CN1CCC(c3nc(-c4ccccn4)no3)CC1)n2Cc1ccccc1. The van der Waals surface area contributed by atoms with Gasteiger partial charge in [0.2, 0.25) is 11.7 Å². The first-order chi connectivity index (χ1) is 17.2. The molecule has 0 spiro atoms. The van der Waals surface area contributed by atoms with E-state index >= 15 is 0 Å². The molecule has 1 aliphatic heterocycles. The van der Waals surface area contributed by atoms with Gasteiger partial charge in [-0.2, -0.15) is 4.98 Å². The Labute approximate surface area is 208 Å². The Bertz CT molecular complexity index is 1420. The van der Waals surface area contributed by atoms with E-state index in [1.165, 1.54) is 5.56 Å². The number of rotatable bonds is 6. The minimum absolute atomic E-state index is 0.262. The fraction of sp³-hybridized carbons (Fsp3) is 0.259. The molecule has 0 N–H and O–H groups in total. The summed E-state index contributed by atoms with van der Waals surface area (Å²) in [6.07, 6.45) is 3.67. The number of likely N-dealkylation sites (tertiary alicyclic amines) is 1. The number of halogens is 1. The highest BCUT2D eigenvalue weighted by Crippen LogP contribution is 2.29. The lowest BCUT2D eigenvalue weighted by Gasteiger charge is -2.30. The minimum atomic E-state index is 0.262. The van der Waals surface area contributed by atoms with E-state index in [-0.39, 0.29) is 5.92 Å². The van der Waals surface area contributed by atoms with Crippen LogP contribution in [0.4, 0.5) is 0 Å². The Morgan fingerprint density at radius 3 is 2.54 bits per heavy atom. The van der Waals surface area contributed by atoms with E-state index < -0.39 is 0 Å². The van der Waals surface area contributed by atoms with Crippen LogP contribution in [0.15, 0.2) is 77.4 Å². The molecule has 0 atom stereocenters. The predicted molar refractivity (Wildman–Crippen MR) is 135 cm³/mol. The van der Waals surface area contributed by atoms with Gasteiger partial charge in [0, 0.05) is 23.7 Å². The van der Waals surface area contributed by atoms with Crippen LogP contribution in [-0.4, -0.2) is 42.7 Å². The highest BCUT2D eigenvalue weighted by molar-refractivity contribution is 6.31. The molecular weight excluding hydrogens is 460 g/mol. The molecule has 3 aromatic heterocycles. The van der Waals surface area contributed by atoms with Crippen LogP contribution in [0.5, 0.6) is 0 Å². The van der Waals surface area contributed by atoms with Crippen LogP contribution in [0.2, 0.25) is 5.02 Å². The fourth-order valence-electron chi connectivity index (χ4n) is 4.75. The average molecular weight is 485 g/mol. The van der Waals surface area contributed by atoms with Crippen LogP contribution in [0.25, 0.3) is 22.6 Å². The lowest BCUT2D eigenvalue weighted by Crippen LogP contribution is -2.33. The van der Waals surface area contributed by atoms with Crippen molar-refractivity contribution in [1.82, 2.24) is 29.6 Å². The normalized spacial score (nSPS) is 15.1. The maximum absolute atomic E-state index is 6.26. The third kappa shape index (κ3) is 4.70. The highest BCUT2D eigenvalue weighted by Gasteiger charge is 2.27. The van der Waals surface area contributed by atoms with Crippen molar-refractivity contribution in [2.45, 2.75) is 31.8 Å². The Hall–Kier alpha value is -3.55. The molecule has 6 rings (SSSR count). The van der Waals surface area contributed by atoms with Crippen molar-refractivity contribution < 1.29 is 4.52 Å². The first kappa shape index (κ1) is 21.9. The second kappa shape index (κ2) is 9.60. The van der Waals surface area contributed by atoms with Gasteiger partial charge in [0.15, 0.2) is 0 Å². The quantitative estimate of drug-likeness (QED) is 0.314. The lowest BCUT2D eigenvalue weighted by molar-refractivity contribution is 0.182. The molecule has 7 nitrogen and oxygen atoms in total. The average Bonchev–Trinajstić information content (AvgIpc) is 3.51. The first-order valence-electron chi connectivity index (χ1n) is 11.9. The topological polar surface area (TPSA) is 72.9 Å². The predicted octanol–water partition coefficient (Wildman–Crippen LogP) is 5.56. The van der Waals surface area contributed by atoms with Crippen LogP contribution in [0.3, 0.4) is 0 Å². The molecule has 35 heavy (non-hydrogen) atoms. The zero-order valence-corrected chi connectivity index (χ0v) is 20.0. The van der Waals surface area contributed by atoms with Crippen LogP contribution in [-0.2, 0) is 13.1 Å². The number of aromatic nitrogens is 5. The molecule has 8 heteroatoms. The van der Waals surface area contributed by atoms with Crippen molar-refractivity contribution in [1.29, 1.82) is 0 Å². The van der Waals surface area contributed by atoms with E-state index in [9.17, 15) is 0 Å². The zero-order chi connectivity index (χ0) is 23.6. The molecule has 176 valence electrons. The van der Waals surface area contributed by atoms with Crippen molar-refractivity contribution in [2.24, 2.45) is 0 Å². The molecule has 4 heterocycles. The van der Waals surface area contributed by atoms with Crippen LogP contribution >= 0.6 is 11.6 Å². The molecule has 0 saturated carbocycles.